The van der Waals surface area contributed by atoms with Crippen molar-refractivity contribution in [2.24, 2.45) is 0 Å². The predicted octanol–water partition coefficient (Wildman–Crippen LogP) is 2.63. The number of ether oxygens (including phenoxy) is 3. The molecule has 114 valence electrons. The van der Waals surface area contributed by atoms with E-state index >= 15 is 0 Å². The number of carbonyl (C=O) groups excluding carboxylic acids is 2. The molecule has 6 nitrogen and oxygen atoms in total. The van der Waals surface area contributed by atoms with Crippen LogP contribution in [-0.4, -0.2) is 26.2 Å². The molecule has 0 aliphatic heterocycles. The molecule has 0 fully saturated rings. The fourth-order valence-electron chi connectivity index (χ4n) is 1.82. The molecule has 0 amide bonds. The molecule has 6 heteroatoms. The van der Waals surface area contributed by atoms with Gasteiger partial charge in [-0.2, -0.15) is 0 Å². The Morgan fingerprint density at radius 1 is 0.909 bits per heavy atom. The summed E-state index contributed by atoms with van der Waals surface area (Å²) in [4.78, 5) is 22.9. The third-order valence-corrected chi connectivity index (χ3v) is 2.91. The van der Waals surface area contributed by atoms with Crippen LogP contribution in [0.15, 0.2) is 42.5 Å². The number of rotatable bonds is 4. The van der Waals surface area contributed by atoms with Crippen molar-refractivity contribution in [3.05, 3.63) is 53.6 Å². The quantitative estimate of drug-likeness (QED) is 0.690. The van der Waals surface area contributed by atoms with Crippen LogP contribution in [0, 0.1) is 0 Å². The fraction of sp³-hybridized carbons (Fsp3) is 0.125. The van der Waals surface area contributed by atoms with Crippen LogP contribution in [0.5, 0.6) is 11.5 Å². The molecule has 0 aromatic heterocycles. The lowest BCUT2D eigenvalue weighted by Crippen LogP contribution is -2.03. The van der Waals surface area contributed by atoms with Crippen molar-refractivity contribution in [2.45, 2.75) is 0 Å². The van der Waals surface area contributed by atoms with Gasteiger partial charge in [0.1, 0.15) is 11.5 Å². The summed E-state index contributed by atoms with van der Waals surface area (Å²) < 4.78 is 14.9. The van der Waals surface area contributed by atoms with Crippen LogP contribution < -0.4 is 10.5 Å². The van der Waals surface area contributed by atoms with E-state index in [1.165, 1.54) is 20.3 Å². The van der Waals surface area contributed by atoms with Crippen molar-refractivity contribution in [1.29, 1.82) is 0 Å². The summed E-state index contributed by atoms with van der Waals surface area (Å²) in [5.74, 6) is -0.138. The van der Waals surface area contributed by atoms with Gasteiger partial charge in [0.25, 0.3) is 0 Å². The first-order valence-electron chi connectivity index (χ1n) is 6.39. The van der Waals surface area contributed by atoms with Gasteiger partial charge in [-0.25, -0.2) is 9.59 Å². The Morgan fingerprint density at radius 2 is 1.55 bits per heavy atom. The number of benzene rings is 2. The third-order valence-electron chi connectivity index (χ3n) is 2.91. The molecule has 0 saturated heterocycles. The number of methoxy groups -OCH3 is 2. The Hall–Kier alpha value is -3.02. The van der Waals surface area contributed by atoms with Gasteiger partial charge in [-0.15, -0.1) is 0 Å². The molecule has 2 aromatic rings. The second-order valence-corrected chi connectivity index (χ2v) is 4.37. The second kappa shape index (κ2) is 6.62. The molecule has 0 unspecified atom stereocenters. The summed E-state index contributed by atoms with van der Waals surface area (Å²) in [7, 11) is 2.60. The van der Waals surface area contributed by atoms with Crippen molar-refractivity contribution in [3.63, 3.8) is 0 Å². The molecule has 0 heterocycles. The summed E-state index contributed by atoms with van der Waals surface area (Å²) in [6.45, 7) is 0. The number of hydrogen-bond donors (Lipinski definition) is 1. The highest BCUT2D eigenvalue weighted by Crippen LogP contribution is 2.29. The largest absolute Gasteiger partial charge is 0.465 e. The van der Waals surface area contributed by atoms with E-state index in [1.807, 2.05) is 0 Å². The Morgan fingerprint density at radius 3 is 2.14 bits per heavy atom. The lowest BCUT2D eigenvalue weighted by atomic mass is 10.2. The standard InChI is InChI=1S/C16H15NO5/c1-20-15(18)10-4-3-5-12(8-10)22-14-7-6-11(9-13(14)17)16(19)21-2/h3-9H,17H2,1-2H3. The summed E-state index contributed by atoms with van der Waals surface area (Å²) in [6.07, 6.45) is 0. The maximum atomic E-state index is 11.5. The van der Waals surface area contributed by atoms with Gasteiger partial charge in [0.2, 0.25) is 0 Å². The molecule has 2 rings (SSSR count). The molecular weight excluding hydrogens is 286 g/mol. The van der Waals surface area contributed by atoms with E-state index in [4.69, 9.17) is 10.5 Å². The van der Waals surface area contributed by atoms with Crippen LogP contribution in [0.3, 0.4) is 0 Å². The van der Waals surface area contributed by atoms with E-state index in [0.717, 1.165) is 0 Å². The van der Waals surface area contributed by atoms with Crippen molar-refractivity contribution in [3.8, 4) is 11.5 Å². The first-order valence-corrected chi connectivity index (χ1v) is 6.39. The molecule has 0 saturated carbocycles. The summed E-state index contributed by atoms with van der Waals surface area (Å²) in [5.41, 5.74) is 6.84. The van der Waals surface area contributed by atoms with Gasteiger partial charge in [-0.1, -0.05) is 6.07 Å². The summed E-state index contributed by atoms with van der Waals surface area (Å²) in [6, 6.07) is 11.1. The number of esters is 2. The minimum Gasteiger partial charge on any atom is -0.465 e. The zero-order valence-electron chi connectivity index (χ0n) is 12.2. The van der Waals surface area contributed by atoms with Crippen molar-refractivity contribution >= 4 is 17.6 Å². The predicted molar refractivity (Wildman–Crippen MR) is 80.0 cm³/mol. The number of hydrogen-bond acceptors (Lipinski definition) is 6. The topological polar surface area (TPSA) is 87.8 Å². The van der Waals surface area contributed by atoms with E-state index in [2.05, 4.69) is 9.47 Å². The monoisotopic (exact) mass is 301 g/mol. The molecule has 0 bridgehead atoms. The number of nitrogens with two attached hydrogens (primary N) is 1. The fourth-order valence-corrected chi connectivity index (χ4v) is 1.82. The molecule has 2 N–H and O–H groups in total. The molecule has 0 spiro atoms. The Balaban J connectivity index is 2.24. The molecule has 2 aromatic carbocycles. The smallest absolute Gasteiger partial charge is 0.337 e. The lowest BCUT2D eigenvalue weighted by molar-refractivity contribution is 0.0591. The molecule has 0 aliphatic rings. The average Bonchev–Trinajstić information content (AvgIpc) is 2.55. The van der Waals surface area contributed by atoms with Crippen LogP contribution in [0.2, 0.25) is 0 Å². The van der Waals surface area contributed by atoms with Gasteiger partial charge in [-0.3, -0.25) is 0 Å². The number of nitrogen functional groups attached to an aromatic ring is 1. The summed E-state index contributed by atoms with van der Waals surface area (Å²) in [5, 5.41) is 0. The number of carbonyl (C=O) groups is 2. The van der Waals surface area contributed by atoms with Crippen LogP contribution in [0.25, 0.3) is 0 Å². The Kier molecular flexibility index (Phi) is 4.63. The van der Waals surface area contributed by atoms with Gasteiger partial charge in [0, 0.05) is 0 Å². The Labute approximate surface area is 127 Å². The van der Waals surface area contributed by atoms with Crippen molar-refractivity contribution in [1.82, 2.24) is 0 Å². The zero-order valence-corrected chi connectivity index (χ0v) is 12.2. The van der Waals surface area contributed by atoms with E-state index in [-0.39, 0.29) is 5.69 Å². The van der Waals surface area contributed by atoms with Crippen LogP contribution in [0.1, 0.15) is 20.7 Å². The molecule has 0 radical (unpaired) electrons. The van der Waals surface area contributed by atoms with Crippen LogP contribution >= 0.6 is 0 Å². The highest BCUT2D eigenvalue weighted by atomic mass is 16.5. The first kappa shape index (κ1) is 15.4. The van der Waals surface area contributed by atoms with Gasteiger partial charge < -0.3 is 19.9 Å². The van der Waals surface area contributed by atoms with E-state index in [1.54, 1.807) is 36.4 Å². The van der Waals surface area contributed by atoms with Gasteiger partial charge in [0.05, 0.1) is 31.0 Å². The Bertz CT molecular complexity index is 711. The normalized spacial score (nSPS) is 9.91. The van der Waals surface area contributed by atoms with Gasteiger partial charge in [-0.05, 0) is 36.4 Å². The maximum Gasteiger partial charge on any atom is 0.337 e. The molecular formula is C16H15NO5. The van der Waals surface area contributed by atoms with E-state index < -0.39 is 11.9 Å². The SMILES string of the molecule is COC(=O)c1cccc(Oc2ccc(C(=O)OC)cc2N)c1. The summed E-state index contributed by atoms with van der Waals surface area (Å²) >= 11 is 0. The highest BCUT2D eigenvalue weighted by Gasteiger charge is 2.11. The maximum absolute atomic E-state index is 11.5. The van der Waals surface area contributed by atoms with Crippen LogP contribution in [-0.2, 0) is 9.47 Å². The van der Waals surface area contributed by atoms with Crippen molar-refractivity contribution < 1.29 is 23.8 Å². The highest BCUT2D eigenvalue weighted by molar-refractivity contribution is 5.91. The second-order valence-electron chi connectivity index (χ2n) is 4.37. The minimum absolute atomic E-state index is 0.284. The lowest BCUT2D eigenvalue weighted by Gasteiger charge is -2.10. The molecule has 22 heavy (non-hydrogen) atoms. The number of anilines is 1. The van der Waals surface area contributed by atoms with E-state index in [0.29, 0.717) is 22.6 Å². The van der Waals surface area contributed by atoms with E-state index in [9.17, 15) is 9.59 Å². The molecule has 0 atom stereocenters. The van der Waals surface area contributed by atoms with Crippen molar-refractivity contribution in [2.75, 3.05) is 20.0 Å². The minimum atomic E-state index is -0.481. The zero-order chi connectivity index (χ0) is 16.1. The molecule has 0 aliphatic carbocycles. The van der Waals surface area contributed by atoms with Crippen LogP contribution in [0.4, 0.5) is 5.69 Å². The van der Waals surface area contributed by atoms with Gasteiger partial charge >= 0.3 is 11.9 Å². The third kappa shape index (κ3) is 3.35. The van der Waals surface area contributed by atoms with Gasteiger partial charge in [0.15, 0.2) is 0 Å². The first-order chi connectivity index (χ1) is 10.5. The average molecular weight is 301 g/mol.